The summed E-state index contributed by atoms with van der Waals surface area (Å²) < 4.78 is 0. The largest absolute Gasteiger partial charge is 0.378 e. The van der Waals surface area contributed by atoms with Crippen LogP contribution in [0.4, 0.5) is 17.1 Å². The molecule has 0 N–H and O–H groups in total. The molecule has 0 aliphatic heterocycles. The molecule has 0 fully saturated rings. The Morgan fingerprint density at radius 3 is 2.67 bits per heavy atom. The minimum absolute atomic E-state index is 0.0219. The summed E-state index contributed by atoms with van der Waals surface area (Å²) in [5.41, 5.74) is 8.84. The molecular weight excluding hydrogens is 198 g/mol. The van der Waals surface area contributed by atoms with Crippen molar-refractivity contribution >= 4 is 17.1 Å². The van der Waals surface area contributed by atoms with Crippen LogP contribution in [0.2, 0.25) is 0 Å². The third-order valence-corrected chi connectivity index (χ3v) is 1.82. The molecule has 0 aliphatic carbocycles. The lowest BCUT2D eigenvalue weighted by atomic mass is 10.2. The van der Waals surface area contributed by atoms with E-state index in [0.717, 1.165) is 5.69 Å². The molecule has 0 radical (unpaired) electrons. The van der Waals surface area contributed by atoms with Gasteiger partial charge in [-0.3, -0.25) is 10.1 Å². The molecule has 0 saturated carbocycles. The number of hydrogen-bond donors (Lipinski definition) is 0. The molecule has 7 nitrogen and oxygen atoms in total. The highest BCUT2D eigenvalue weighted by molar-refractivity contribution is 5.65. The second-order valence-electron chi connectivity index (χ2n) is 3.01. The lowest BCUT2D eigenvalue weighted by molar-refractivity contribution is -0.384. The van der Waals surface area contributed by atoms with Gasteiger partial charge in [0, 0.05) is 30.8 Å². The van der Waals surface area contributed by atoms with Crippen LogP contribution >= 0.6 is 0 Å². The molecule has 0 bridgehead atoms. The standard InChI is InChI=1S/C8H9N5O2/c1-12(2)6-3-4-8(13(14)15)7(5-6)10-11-9/h3-5H,1-2H3. The number of hydrogen-bond acceptors (Lipinski definition) is 4. The molecule has 0 spiro atoms. The van der Waals surface area contributed by atoms with Crippen LogP contribution in [0.15, 0.2) is 23.3 Å². The minimum Gasteiger partial charge on any atom is -0.378 e. The predicted octanol–water partition coefficient (Wildman–Crippen LogP) is 2.60. The Morgan fingerprint density at radius 2 is 2.20 bits per heavy atom. The van der Waals surface area contributed by atoms with Crippen molar-refractivity contribution in [3.8, 4) is 0 Å². The van der Waals surface area contributed by atoms with Gasteiger partial charge in [-0.25, -0.2) is 0 Å². The van der Waals surface area contributed by atoms with Crippen molar-refractivity contribution in [2.75, 3.05) is 19.0 Å². The smallest absolute Gasteiger partial charge is 0.279 e. The zero-order valence-corrected chi connectivity index (χ0v) is 8.28. The molecule has 0 saturated heterocycles. The van der Waals surface area contributed by atoms with E-state index in [2.05, 4.69) is 10.0 Å². The summed E-state index contributed by atoms with van der Waals surface area (Å²) in [5.74, 6) is 0. The number of azide groups is 1. The maximum Gasteiger partial charge on any atom is 0.279 e. The van der Waals surface area contributed by atoms with Crippen molar-refractivity contribution in [3.63, 3.8) is 0 Å². The van der Waals surface area contributed by atoms with Gasteiger partial charge in [-0.15, -0.1) is 0 Å². The maximum atomic E-state index is 10.6. The summed E-state index contributed by atoms with van der Waals surface area (Å²) in [4.78, 5) is 14.3. The topological polar surface area (TPSA) is 95.1 Å². The molecule has 0 amide bonds. The molecule has 1 aromatic carbocycles. The number of anilines is 1. The second-order valence-corrected chi connectivity index (χ2v) is 3.01. The van der Waals surface area contributed by atoms with Crippen LogP contribution in [-0.2, 0) is 0 Å². The molecule has 0 aromatic heterocycles. The van der Waals surface area contributed by atoms with Gasteiger partial charge in [0.05, 0.1) is 4.92 Å². The summed E-state index contributed by atoms with van der Waals surface area (Å²) in [6.45, 7) is 0. The molecule has 1 aromatic rings. The second kappa shape index (κ2) is 4.30. The molecule has 0 atom stereocenters. The van der Waals surface area contributed by atoms with Gasteiger partial charge in [0.25, 0.3) is 5.69 Å². The zero-order chi connectivity index (χ0) is 11.4. The monoisotopic (exact) mass is 207 g/mol. The van der Waals surface area contributed by atoms with Crippen molar-refractivity contribution < 1.29 is 4.92 Å². The molecule has 0 unspecified atom stereocenters. The number of nitro groups is 1. The van der Waals surface area contributed by atoms with E-state index in [-0.39, 0.29) is 11.4 Å². The van der Waals surface area contributed by atoms with Gasteiger partial charge in [-0.05, 0) is 17.7 Å². The first kappa shape index (κ1) is 10.8. The number of nitrogens with zero attached hydrogens (tertiary/aromatic N) is 5. The Labute approximate surface area is 85.7 Å². The van der Waals surface area contributed by atoms with Crippen LogP contribution in [0.3, 0.4) is 0 Å². The van der Waals surface area contributed by atoms with E-state index in [9.17, 15) is 10.1 Å². The van der Waals surface area contributed by atoms with Gasteiger partial charge >= 0.3 is 0 Å². The van der Waals surface area contributed by atoms with Crippen LogP contribution in [0.5, 0.6) is 0 Å². The van der Waals surface area contributed by atoms with E-state index in [1.807, 2.05) is 0 Å². The SMILES string of the molecule is CN(C)c1ccc([N+](=O)[O-])c(N=[N+]=[N-])c1. The van der Waals surface area contributed by atoms with Gasteiger partial charge in [0.1, 0.15) is 5.69 Å². The fourth-order valence-electron chi connectivity index (χ4n) is 1.07. The maximum absolute atomic E-state index is 10.6. The highest BCUT2D eigenvalue weighted by atomic mass is 16.6. The summed E-state index contributed by atoms with van der Waals surface area (Å²) in [7, 11) is 3.59. The van der Waals surface area contributed by atoms with Crippen molar-refractivity contribution in [1.29, 1.82) is 0 Å². The van der Waals surface area contributed by atoms with Crippen molar-refractivity contribution in [2.45, 2.75) is 0 Å². The van der Waals surface area contributed by atoms with E-state index in [4.69, 9.17) is 5.53 Å². The van der Waals surface area contributed by atoms with Gasteiger partial charge in [0.2, 0.25) is 0 Å². The Hall–Kier alpha value is -2.27. The molecule has 7 heteroatoms. The third-order valence-electron chi connectivity index (χ3n) is 1.82. The van der Waals surface area contributed by atoms with Gasteiger partial charge in [0.15, 0.2) is 0 Å². The normalized spacial score (nSPS) is 9.20. The van der Waals surface area contributed by atoms with E-state index in [1.165, 1.54) is 12.1 Å². The Morgan fingerprint density at radius 1 is 1.53 bits per heavy atom. The van der Waals surface area contributed by atoms with Crippen LogP contribution in [0.1, 0.15) is 0 Å². The van der Waals surface area contributed by atoms with Crippen LogP contribution in [-0.4, -0.2) is 19.0 Å². The van der Waals surface area contributed by atoms with Gasteiger partial charge < -0.3 is 4.90 Å². The quantitative estimate of drug-likeness (QED) is 0.250. The average Bonchev–Trinajstić information content (AvgIpc) is 2.17. The van der Waals surface area contributed by atoms with Crippen LogP contribution in [0, 0.1) is 10.1 Å². The Balaban J connectivity index is 3.32. The number of nitro benzene ring substituents is 1. The van der Waals surface area contributed by atoms with Crippen molar-refractivity contribution in [1.82, 2.24) is 0 Å². The van der Waals surface area contributed by atoms with E-state index in [0.29, 0.717) is 0 Å². The fourth-order valence-corrected chi connectivity index (χ4v) is 1.07. The van der Waals surface area contributed by atoms with E-state index < -0.39 is 4.92 Å². The van der Waals surface area contributed by atoms with E-state index in [1.54, 1.807) is 25.1 Å². The summed E-state index contributed by atoms with van der Waals surface area (Å²) in [6.07, 6.45) is 0. The molecule has 0 heterocycles. The predicted molar refractivity (Wildman–Crippen MR) is 56.2 cm³/mol. The van der Waals surface area contributed by atoms with Gasteiger partial charge in [-0.1, -0.05) is 5.11 Å². The average molecular weight is 207 g/mol. The highest BCUT2D eigenvalue weighted by Gasteiger charge is 2.13. The van der Waals surface area contributed by atoms with Crippen LogP contribution < -0.4 is 4.90 Å². The van der Waals surface area contributed by atoms with Crippen molar-refractivity contribution in [3.05, 3.63) is 38.8 Å². The summed E-state index contributed by atoms with van der Waals surface area (Å²) in [6, 6.07) is 4.38. The summed E-state index contributed by atoms with van der Waals surface area (Å²) >= 11 is 0. The first-order valence-corrected chi connectivity index (χ1v) is 4.07. The van der Waals surface area contributed by atoms with Crippen LogP contribution in [0.25, 0.3) is 10.4 Å². The Kier molecular flexibility index (Phi) is 3.10. The summed E-state index contributed by atoms with van der Waals surface area (Å²) in [5, 5.41) is 13.9. The molecule has 15 heavy (non-hydrogen) atoms. The first-order valence-electron chi connectivity index (χ1n) is 4.07. The lowest BCUT2D eigenvalue weighted by Crippen LogP contribution is -2.08. The minimum atomic E-state index is -0.580. The fraction of sp³-hybridized carbons (Fsp3) is 0.250. The van der Waals surface area contributed by atoms with E-state index >= 15 is 0 Å². The molecule has 78 valence electrons. The Bertz CT molecular complexity index is 437. The molecule has 0 aliphatic rings. The molecular formula is C8H9N5O2. The zero-order valence-electron chi connectivity index (χ0n) is 8.28. The van der Waals surface area contributed by atoms with Gasteiger partial charge in [-0.2, -0.15) is 0 Å². The van der Waals surface area contributed by atoms with Crippen molar-refractivity contribution in [2.24, 2.45) is 5.11 Å². The molecule has 1 rings (SSSR count). The number of benzene rings is 1. The highest BCUT2D eigenvalue weighted by Crippen LogP contribution is 2.31. The first-order chi connectivity index (χ1) is 7.06. The third kappa shape index (κ3) is 2.35. The number of rotatable bonds is 3. The lowest BCUT2D eigenvalue weighted by Gasteiger charge is -2.12.